The predicted molar refractivity (Wildman–Crippen MR) is 103 cm³/mol. The minimum atomic E-state index is -3.89. The van der Waals surface area contributed by atoms with Crippen LogP contribution in [0.15, 0.2) is 47.4 Å². The van der Waals surface area contributed by atoms with Crippen LogP contribution in [0, 0.1) is 5.82 Å². The van der Waals surface area contributed by atoms with Gasteiger partial charge in [0.15, 0.2) is 0 Å². The second kappa shape index (κ2) is 8.07. The molecule has 0 saturated carbocycles. The summed E-state index contributed by atoms with van der Waals surface area (Å²) in [4.78, 5) is 23.8. The van der Waals surface area contributed by atoms with E-state index in [-0.39, 0.29) is 10.8 Å². The van der Waals surface area contributed by atoms with Crippen LogP contribution in [0.4, 0.5) is 15.8 Å². The Bertz CT molecular complexity index is 1010. The number of halogens is 1. The highest BCUT2D eigenvalue weighted by Crippen LogP contribution is 2.26. The van der Waals surface area contributed by atoms with Crippen LogP contribution in [0.5, 0.6) is 0 Å². The van der Waals surface area contributed by atoms with Crippen molar-refractivity contribution < 1.29 is 22.4 Å². The summed E-state index contributed by atoms with van der Waals surface area (Å²) in [7, 11) is -2.58. The Morgan fingerprint density at radius 3 is 2.61 bits per heavy atom. The monoisotopic (exact) mass is 405 g/mol. The molecule has 0 radical (unpaired) electrons. The second-order valence-electron chi connectivity index (χ2n) is 6.54. The highest BCUT2D eigenvalue weighted by molar-refractivity contribution is 7.89. The van der Waals surface area contributed by atoms with Crippen molar-refractivity contribution in [2.24, 2.45) is 0 Å². The van der Waals surface area contributed by atoms with Gasteiger partial charge in [-0.25, -0.2) is 12.8 Å². The number of fused-ring (bicyclic) bond motifs is 1. The van der Waals surface area contributed by atoms with Gasteiger partial charge in [-0.1, -0.05) is 0 Å². The van der Waals surface area contributed by atoms with Gasteiger partial charge in [0.05, 0.1) is 11.4 Å². The SMILES string of the molecule is CN(CC(=O)Nc1ccc(F)cc1)S(=O)(=O)c1ccc2c(c1)CCCC(=O)N2. The molecule has 0 unspecified atom stereocenters. The summed E-state index contributed by atoms with van der Waals surface area (Å²) in [5.74, 6) is -1.07. The minimum absolute atomic E-state index is 0.0551. The quantitative estimate of drug-likeness (QED) is 0.798. The van der Waals surface area contributed by atoms with Gasteiger partial charge in [0, 0.05) is 24.8 Å². The van der Waals surface area contributed by atoms with Gasteiger partial charge >= 0.3 is 0 Å². The Morgan fingerprint density at radius 2 is 1.89 bits per heavy atom. The number of likely N-dealkylation sites (N-methyl/N-ethyl adjacent to an activating group) is 1. The number of aryl methyl sites for hydroxylation is 1. The molecule has 0 aromatic heterocycles. The number of benzene rings is 2. The van der Waals surface area contributed by atoms with E-state index in [0.29, 0.717) is 30.6 Å². The van der Waals surface area contributed by atoms with E-state index in [1.165, 1.54) is 43.4 Å². The molecule has 2 amide bonds. The van der Waals surface area contributed by atoms with Gasteiger partial charge < -0.3 is 10.6 Å². The van der Waals surface area contributed by atoms with E-state index in [2.05, 4.69) is 10.6 Å². The standard InChI is InChI=1S/C19H20FN3O4S/c1-23(12-19(25)21-15-7-5-14(20)6-8-15)28(26,27)16-9-10-17-13(11-16)3-2-4-18(24)22-17/h5-11H,2-4,12H2,1H3,(H,21,25)(H,22,24). The van der Waals surface area contributed by atoms with Crippen molar-refractivity contribution in [3.05, 3.63) is 53.8 Å². The fourth-order valence-electron chi connectivity index (χ4n) is 2.91. The third-order valence-electron chi connectivity index (χ3n) is 4.40. The Hall–Kier alpha value is -2.78. The molecule has 2 N–H and O–H groups in total. The molecule has 0 aliphatic carbocycles. The Morgan fingerprint density at radius 1 is 1.18 bits per heavy atom. The minimum Gasteiger partial charge on any atom is -0.326 e. The van der Waals surface area contributed by atoms with Crippen LogP contribution >= 0.6 is 0 Å². The van der Waals surface area contributed by atoms with Gasteiger partial charge in [-0.15, -0.1) is 0 Å². The molecule has 0 fully saturated rings. The molecule has 148 valence electrons. The molecule has 1 aliphatic rings. The first-order valence-electron chi connectivity index (χ1n) is 8.70. The summed E-state index contributed by atoms with van der Waals surface area (Å²) in [5.41, 5.74) is 1.73. The normalized spacial score (nSPS) is 14.2. The lowest BCUT2D eigenvalue weighted by Crippen LogP contribution is -2.35. The maximum absolute atomic E-state index is 12.9. The van der Waals surface area contributed by atoms with E-state index in [0.717, 1.165) is 9.87 Å². The number of hydrogen-bond donors (Lipinski definition) is 2. The molecule has 2 aromatic carbocycles. The van der Waals surface area contributed by atoms with E-state index >= 15 is 0 Å². The summed E-state index contributed by atoms with van der Waals surface area (Å²) < 4.78 is 39.5. The molecule has 1 aliphatic heterocycles. The first-order chi connectivity index (χ1) is 13.3. The van der Waals surface area contributed by atoms with Gasteiger partial charge in [-0.2, -0.15) is 4.31 Å². The molecule has 0 atom stereocenters. The summed E-state index contributed by atoms with van der Waals surface area (Å²) in [5, 5.41) is 5.28. The zero-order chi connectivity index (χ0) is 20.3. The van der Waals surface area contributed by atoms with Gasteiger partial charge in [0.2, 0.25) is 21.8 Å². The highest BCUT2D eigenvalue weighted by atomic mass is 32.2. The molecular formula is C19H20FN3O4S. The summed E-state index contributed by atoms with van der Waals surface area (Å²) >= 11 is 0. The summed E-state index contributed by atoms with van der Waals surface area (Å²) in [6.45, 7) is -0.395. The Kier molecular flexibility index (Phi) is 5.76. The summed E-state index contributed by atoms with van der Waals surface area (Å²) in [6.07, 6.45) is 1.62. The van der Waals surface area contributed by atoms with Gasteiger partial charge in [0.25, 0.3) is 0 Å². The van der Waals surface area contributed by atoms with E-state index < -0.39 is 28.3 Å². The van der Waals surface area contributed by atoms with E-state index in [1.807, 2.05) is 0 Å². The van der Waals surface area contributed by atoms with Crippen molar-refractivity contribution in [1.29, 1.82) is 0 Å². The third-order valence-corrected chi connectivity index (χ3v) is 6.20. The zero-order valence-electron chi connectivity index (χ0n) is 15.2. The first kappa shape index (κ1) is 20.0. The molecule has 2 aromatic rings. The van der Waals surface area contributed by atoms with Crippen molar-refractivity contribution in [3.8, 4) is 0 Å². The number of carbonyl (C=O) groups excluding carboxylic acids is 2. The van der Waals surface area contributed by atoms with Crippen LogP contribution in [-0.4, -0.2) is 38.1 Å². The lowest BCUT2D eigenvalue weighted by atomic mass is 10.1. The van der Waals surface area contributed by atoms with Crippen LogP contribution < -0.4 is 10.6 Å². The van der Waals surface area contributed by atoms with E-state index in [9.17, 15) is 22.4 Å². The van der Waals surface area contributed by atoms with Crippen LogP contribution in [0.1, 0.15) is 18.4 Å². The van der Waals surface area contributed by atoms with Crippen LogP contribution in [0.2, 0.25) is 0 Å². The number of carbonyl (C=O) groups is 2. The maximum Gasteiger partial charge on any atom is 0.243 e. The average molecular weight is 405 g/mol. The molecule has 0 spiro atoms. The molecule has 7 nitrogen and oxygen atoms in total. The van der Waals surface area contributed by atoms with E-state index in [1.54, 1.807) is 6.07 Å². The van der Waals surface area contributed by atoms with Crippen LogP contribution in [-0.2, 0) is 26.0 Å². The number of anilines is 2. The molecule has 0 bridgehead atoms. The van der Waals surface area contributed by atoms with Crippen LogP contribution in [0.3, 0.4) is 0 Å². The molecule has 28 heavy (non-hydrogen) atoms. The smallest absolute Gasteiger partial charge is 0.243 e. The maximum atomic E-state index is 12.9. The fraction of sp³-hybridized carbons (Fsp3) is 0.263. The number of sulfonamides is 1. The number of nitrogens with zero attached hydrogens (tertiary/aromatic N) is 1. The molecule has 1 heterocycles. The average Bonchev–Trinajstić information content (AvgIpc) is 2.83. The Labute approximate surface area is 162 Å². The molecule has 3 rings (SSSR count). The molecular weight excluding hydrogens is 385 g/mol. The lowest BCUT2D eigenvalue weighted by Gasteiger charge is -2.18. The third kappa shape index (κ3) is 4.55. The van der Waals surface area contributed by atoms with Crippen molar-refractivity contribution in [2.75, 3.05) is 24.2 Å². The van der Waals surface area contributed by atoms with Crippen molar-refractivity contribution >= 4 is 33.2 Å². The molecule has 0 saturated heterocycles. The number of hydrogen-bond acceptors (Lipinski definition) is 4. The number of rotatable bonds is 5. The lowest BCUT2D eigenvalue weighted by molar-refractivity contribution is -0.117. The fourth-order valence-corrected chi connectivity index (χ4v) is 4.09. The largest absolute Gasteiger partial charge is 0.326 e. The highest BCUT2D eigenvalue weighted by Gasteiger charge is 2.25. The van der Waals surface area contributed by atoms with Gasteiger partial charge in [-0.3, -0.25) is 9.59 Å². The van der Waals surface area contributed by atoms with E-state index in [4.69, 9.17) is 0 Å². The Balaban J connectivity index is 1.73. The number of amides is 2. The van der Waals surface area contributed by atoms with Gasteiger partial charge in [-0.05, 0) is 60.9 Å². The number of nitrogens with one attached hydrogen (secondary N) is 2. The van der Waals surface area contributed by atoms with Crippen LogP contribution in [0.25, 0.3) is 0 Å². The topological polar surface area (TPSA) is 95.6 Å². The van der Waals surface area contributed by atoms with Gasteiger partial charge in [0.1, 0.15) is 5.82 Å². The molecule has 9 heteroatoms. The van der Waals surface area contributed by atoms with Crippen molar-refractivity contribution in [2.45, 2.75) is 24.2 Å². The second-order valence-corrected chi connectivity index (χ2v) is 8.58. The summed E-state index contributed by atoms with van der Waals surface area (Å²) in [6, 6.07) is 9.69. The van der Waals surface area contributed by atoms with Crippen molar-refractivity contribution in [1.82, 2.24) is 4.31 Å². The predicted octanol–water partition coefficient (Wildman–Crippen LogP) is 2.36. The first-order valence-corrected chi connectivity index (χ1v) is 10.1. The zero-order valence-corrected chi connectivity index (χ0v) is 16.1. The van der Waals surface area contributed by atoms with Crippen molar-refractivity contribution in [3.63, 3.8) is 0 Å².